The van der Waals surface area contributed by atoms with Gasteiger partial charge >= 0.3 is 0 Å². The lowest BCUT2D eigenvalue weighted by molar-refractivity contribution is 0.417. The van der Waals surface area contributed by atoms with E-state index in [2.05, 4.69) is 9.88 Å². The highest BCUT2D eigenvalue weighted by molar-refractivity contribution is 7.91. The van der Waals surface area contributed by atoms with E-state index in [0.29, 0.717) is 23.1 Å². The van der Waals surface area contributed by atoms with Crippen molar-refractivity contribution < 1.29 is 17.2 Å². The first-order valence-corrected chi connectivity index (χ1v) is 12.2. The van der Waals surface area contributed by atoms with Crippen LogP contribution in [0.5, 0.6) is 0 Å². The van der Waals surface area contributed by atoms with Gasteiger partial charge in [-0.25, -0.2) is 17.2 Å². The summed E-state index contributed by atoms with van der Waals surface area (Å²) in [6.07, 6.45) is 6.51. The molecule has 0 N–H and O–H groups in total. The molecular formula is C23H23ClF2N2O2S. The van der Waals surface area contributed by atoms with Crippen LogP contribution in [0.1, 0.15) is 39.0 Å². The number of halogens is 3. The van der Waals surface area contributed by atoms with Crippen LogP contribution in [-0.2, 0) is 9.84 Å². The lowest BCUT2D eigenvalue weighted by Crippen LogP contribution is -2.37. The summed E-state index contributed by atoms with van der Waals surface area (Å²) in [4.78, 5) is 6.25. The molecular weight excluding hydrogens is 442 g/mol. The van der Waals surface area contributed by atoms with Crippen molar-refractivity contribution in [3.8, 4) is 0 Å². The van der Waals surface area contributed by atoms with Crippen molar-refractivity contribution in [2.75, 3.05) is 11.4 Å². The minimum Gasteiger partial charge on any atom is -0.367 e. The Morgan fingerprint density at radius 3 is 2.52 bits per heavy atom. The summed E-state index contributed by atoms with van der Waals surface area (Å²) in [5.41, 5.74) is 0.903. The molecule has 1 heterocycles. The lowest BCUT2D eigenvalue weighted by atomic mass is 9.93. The summed E-state index contributed by atoms with van der Waals surface area (Å²) < 4.78 is 54.7. The topological polar surface area (TPSA) is 50.3 Å². The van der Waals surface area contributed by atoms with Gasteiger partial charge in [-0.05, 0) is 50.1 Å². The first kappa shape index (κ1) is 22.0. The Bertz CT molecular complexity index is 1230. The molecule has 1 aliphatic rings. The summed E-state index contributed by atoms with van der Waals surface area (Å²) in [5.74, 6) is -1.13. The number of aromatic nitrogens is 1. The first-order valence-electron chi connectivity index (χ1n) is 10.4. The molecule has 0 spiro atoms. The number of sulfone groups is 1. The van der Waals surface area contributed by atoms with Crippen LogP contribution >= 0.6 is 11.6 Å². The summed E-state index contributed by atoms with van der Waals surface area (Å²) in [6, 6.07) is 7.73. The highest BCUT2D eigenvalue weighted by Gasteiger charge is 2.30. The lowest BCUT2D eigenvalue weighted by Gasteiger charge is -2.37. The van der Waals surface area contributed by atoms with E-state index < -0.39 is 21.5 Å². The van der Waals surface area contributed by atoms with E-state index in [-0.39, 0.29) is 20.9 Å². The fraction of sp³-hybridized carbons (Fsp3) is 0.348. The van der Waals surface area contributed by atoms with E-state index in [0.717, 1.165) is 44.2 Å². The molecule has 0 bridgehead atoms. The van der Waals surface area contributed by atoms with Gasteiger partial charge in [-0.3, -0.25) is 4.98 Å². The van der Waals surface area contributed by atoms with Gasteiger partial charge in [0.25, 0.3) is 0 Å². The van der Waals surface area contributed by atoms with Crippen LogP contribution in [0.2, 0.25) is 5.02 Å². The maximum Gasteiger partial charge on any atom is 0.210 e. The Morgan fingerprint density at radius 2 is 1.84 bits per heavy atom. The fourth-order valence-electron chi connectivity index (χ4n) is 4.39. The van der Waals surface area contributed by atoms with Crippen molar-refractivity contribution in [1.29, 1.82) is 0 Å². The average molecular weight is 465 g/mol. The molecule has 0 amide bonds. The molecule has 1 aromatic heterocycles. The number of hydrogen-bond acceptors (Lipinski definition) is 4. The van der Waals surface area contributed by atoms with E-state index in [9.17, 15) is 17.2 Å². The standard InChI is InChI=1S/C23H23ClF2N2O2S/c1-2-28(16-6-4-3-5-7-16)23-18-10-8-15(25)12-21(18)27-14-22(23)31(29,30)17-9-11-20(26)19(24)13-17/h8-14,16H,2-7H2,1H3. The quantitative estimate of drug-likeness (QED) is 0.424. The normalized spacial score (nSPS) is 15.4. The van der Waals surface area contributed by atoms with Gasteiger partial charge in [0, 0.05) is 30.2 Å². The number of pyridine rings is 1. The first-order chi connectivity index (χ1) is 14.8. The third-order valence-electron chi connectivity index (χ3n) is 5.90. The van der Waals surface area contributed by atoms with Crippen LogP contribution < -0.4 is 4.90 Å². The van der Waals surface area contributed by atoms with Crippen LogP contribution in [0.15, 0.2) is 52.4 Å². The number of rotatable bonds is 5. The van der Waals surface area contributed by atoms with Gasteiger partial charge in [-0.15, -0.1) is 0 Å². The molecule has 1 aliphatic carbocycles. The third-order valence-corrected chi connectivity index (χ3v) is 7.95. The van der Waals surface area contributed by atoms with Gasteiger partial charge < -0.3 is 4.90 Å². The van der Waals surface area contributed by atoms with Crippen molar-refractivity contribution in [2.24, 2.45) is 0 Å². The zero-order valence-electron chi connectivity index (χ0n) is 17.1. The minimum atomic E-state index is -4.05. The molecule has 4 nitrogen and oxygen atoms in total. The molecule has 0 radical (unpaired) electrons. The molecule has 1 saturated carbocycles. The van der Waals surface area contributed by atoms with Crippen molar-refractivity contribution in [3.63, 3.8) is 0 Å². The Kier molecular flexibility index (Phi) is 6.17. The van der Waals surface area contributed by atoms with Crippen molar-refractivity contribution >= 4 is 38.0 Å². The molecule has 8 heteroatoms. The van der Waals surface area contributed by atoms with Crippen LogP contribution in [0.3, 0.4) is 0 Å². The number of nitrogens with zero attached hydrogens (tertiary/aromatic N) is 2. The Balaban J connectivity index is 1.97. The highest BCUT2D eigenvalue weighted by atomic mass is 35.5. The second kappa shape index (κ2) is 8.71. The molecule has 0 atom stereocenters. The van der Waals surface area contributed by atoms with E-state index in [1.165, 1.54) is 24.4 Å². The van der Waals surface area contributed by atoms with E-state index in [1.807, 2.05) is 6.92 Å². The van der Waals surface area contributed by atoms with Crippen LogP contribution in [-0.4, -0.2) is 26.0 Å². The predicted molar refractivity (Wildman–Crippen MR) is 118 cm³/mol. The molecule has 4 rings (SSSR count). The van der Waals surface area contributed by atoms with Gasteiger partial charge in [0.15, 0.2) is 0 Å². The van der Waals surface area contributed by atoms with E-state index >= 15 is 0 Å². The molecule has 164 valence electrons. The summed E-state index contributed by atoms with van der Waals surface area (Å²) in [5, 5.41) is 0.307. The third kappa shape index (κ3) is 4.13. The Labute approximate surface area is 185 Å². The summed E-state index contributed by atoms with van der Waals surface area (Å²) in [6.45, 7) is 2.57. The molecule has 2 aromatic carbocycles. The smallest absolute Gasteiger partial charge is 0.210 e. The molecule has 1 fully saturated rings. The number of anilines is 1. The number of fused-ring (bicyclic) bond motifs is 1. The SMILES string of the molecule is CCN(c1c(S(=O)(=O)c2ccc(F)c(Cl)c2)cnc2cc(F)ccc12)C1CCCCC1. The molecule has 31 heavy (non-hydrogen) atoms. The van der Waals surface area contributed by atoms with Gasteiger partial charge in [0.1, 0.15) is 16.5 Å². The monoisotopic (exact) mass is 464 g/mol. The fourth-order valence-corrected chi connectivity index (χ4v) is 6.08. The van der Waals surface area contributed by atoms with Gasteiger partial charge in [0.2, 0.25) is 9.84 Å². The number of hydrogen-bond donors (Lipinski definition) is 0. The van der Waals surface area contributed by atoms with E-state index in [1.54, 1.807) is 6.07 Å². The van der Waals surface area contributed by atoms with Crippen LogP contribution in [0, 0.1) is 11.6 Å². The second-order valence-corrected chi connectivity index (χ2v) is 10.1. The Hall–Kier alpha value is -2.25. The number of benzene rings is 2. The van der Waals surface area contributed by atoms with Crippen molar-refractivity contribution in [1.82, 2.24) is 4.98 Å². The van der Waals surface area contributed by atoms with Crippen LogP contribution in [0.25, 0.3) is 10.9 Å². The largest absolute Gasteiger partial charge is 0.367 e. The summed E-state index contributed by atoms with van der Waals surface area (Å²) in [7, 11) is -4.05. The van der Waals surface area contributed by atoms with Crippen molar-refractivity contribution in [3.05, 3.63) is 59.3 Å². The van der Waals surface area contributed by atoms with Crippen LogP contribution in [0.4, 0.5) is 14.5 Å². The molecule has 0 aliphatic heterocycles. The predicted octanol–water partition coefficient (Wildman–Crippen LogP) is 6.16. The van der Waals surface area contributed by atoms with E-state index in [4.69, 9.17) is 11.6 Å². The van der Waals surface area contributed by atoms with Crippen molar-refractivity contribution in [2.45, 2.75) is 54.9 Å². The maximum absolute atomic E-state index is 13.9. The molecule has 0 saturated heterocycles. The average Bonchev–Trinajstić information content (AvgIpc) is 2.76. The maximum atomic E-state index is 13.9. The Morgan fingerprint density at radius 1 is 1.10 bits per heavy atom. The zero-order valence-corrected chi connectivity index (χ0v) is 18.7. The zero-order chi connectivity index (χ0) is 22.2. The molecule has 0 unspecified atom stereocenters. The highest BCUT2D eigenvalue weighted by Crippen LogP contribution is 2.39. The van der Waals surface area contributed by atoms with Gasteiger partial charge in [-0.1, -0.05) is 30.9 Å². The van der Waals surface area contributed by atoms with Gasteiger partial charge in [0.05, 0.1) is 21.1 Å². The summed E-state index contributed by atoms with van der Waals surface area (Å²) >= 11 is 5.86. The second-order valence-electron chi connectivity index (χ2n) is 7.79. The van der Waals surface area contributed by atoms with Gasteiger partial charge in [-0.2, -0.15) is 0 Å². The minimum absolute atomic E-state index is 0.0155. The molecule has 3 aromatic rings.